The first kappa shape index (κ1) is 26.6. The number of piperidine rings is 1. The van der Waals surface area contributed by atoms with Crippen molar-refractivity contribution in [3.05, 3.63) is 12.1 Å². The number of rotatable bonds is 8. The zero-order chi connectivity index (χ0) is 19.9. The van der Waals surface area contributed by atoms with Gasteiger partial charge < -0.3 is 24.4 Å². The highest BCUT2D eigenvalue weighted by atomic mass is 35.5. The lowest BCUT2D eigenvalue weighted by Crippen LogP contribution is -2.54. The van der Waals surface area contributed by atoms with Gasteiger partial charge in [0.2, 0.25) is 11.7 Å². The van der Waals surface area contributed by atoms with E-state index in [4.69, 9.17) is 14.2 Å². The summed E-state index contributed by atoms with van der Waals surface area (Å²) in [6.07, 6.45) is 5.38. The second-order valence-electron chi connectivity index (χ2n) is 7.55. The fourth-order valence-electron chi connectivity index (χ4n) is 4.26. The molecule has 1 amide bonds. The lowest BCUT2D eigenvalue weighted by molar-refractivity contribution is -0.116. The van der Waals surface area contributed by atoms with E-state index in [-0.39, 0.29) is 30.7 Å². The third-order valence-electron chi connectivity index (χ3n) is 5.75. The summed E-state index contributed by atoms with van der Waals surface area (Å²) < 4.78 is 16.0. The Balaban J connectivity index is 0.00000225. The predicted molar refractivity (Wildman–Crippen MR) is 124 cm³/mol. The normalized spacial score (nSPS) is 19.0. The van der Waals surface area contributed by atoms with Crippen molar-refractivity contribution in [3.63, 3.8) is 0 Å². The van der Waals surface area contributed by atoms with Gasteiger partial charge in [0.25, 0.3) is 0 Å². The molecule has 0 bridgehead atoms. The third kappa shape index (κ3) is 6.80. The molecule has 0 aliphatic carbocycles. The van der Waals surface area contributed by atoms with Crippen molar-refractivity contribution >= 4 is 36.4 Å². The van der Waals surface area contributed by atoms with Gasteiger partial charge in [0.05, 0.1) is 21.3 Å². The molecule has 1 aromatic rings. The fraction of sp³-hybridized carbons (Fsp3) is 0.667. The van der Waals surface area contributed by atoms with Crippen molar-refractivity contribution in [1.82, 2.24) is 9.80 Å². The molecule has 1 N–H and O–H groups in total. The summed E-state index contributed by atoms with van der Waals surface area (Å²) in [6, 6.07) is 4.22. The van der Waals surface area contributed by atoms with Gasteiger partial charge in [-0.3, -0.25) is 9.69 Å². The van der Waals surface area contributed by atoms with E-state index < -0.39 is 0 Å². The van der Waals surface area contributed by atoms with Gasteiger partial charge in [0.15, 0.2) is 11.5 Å². The van der Waals surface area contributed by atoms with E-state index in [1.54, 1.807) is 33.5 Å². The van der Waals surface area contributed by atoms with Crippen LogP contribution in [0.3, 0.4) is 0 Å². The first-order chi connectivity index (χ1) is 13.6. The maximum atomic E-state index is 12.4. The molecule has 3 rings (SSSR count). The Bertz CT molecular complexity index is 653. The summed E-state index contributed by atoms with van der Waals surface area (Å²) in [6.45, 7) is 5.67. The van der Waals surface area contributed by atoms with Gasteiger partial charge in [0, 0.05) is 49.9 Å². The van der Waals surface area contributed by atoms with Crippen molar-refractivity contribution in [2.24, 2.45) is 0 Å². The van der Waals surface area contributed by atoms with Crippen LogP contribution in [-0.2, 0) is 4.79 Å². The standard InChI is InChI=1S/C21H33N3O4.2ClH/c1-26-18-13-16(14-19(27-2)21(18)28-3)22-20(25)8-6-9-23-11-12-24-10-5-4-7-17(24)15-23;;/h13-14,17H,4-12,15H2,1-3H3,(H,22,25);2*1H. The van der Waals surface area contributed by atoms with E-state index in [1.807, 2.05) is 0 Å². The smallest absolute Gasteiger partial charge is 0.224 e. The highest BCUT2D eigenvalue weighted by Gasteiger charge is 2.28. The number of fused-ring (bicyclic) bond motifs is 1. The molecule has 7 nitrogen and oxygen atoms in total. The molecule has 1 atom stereocenters. The molecule has 2 saturated heterocycles. The molecule has 1 aromatic carbocycles. The maximum absolute atomic E-state index is 12.4. The maximum Gasteiger partial charge on any atom is 0.224 e. The van der Waals surface area contributed by atoms with Crippen LogP contribution < -0.4 is 19.5 Å². The number of hydrogen-bond donors (Lipinski definition) is 1. The van der Waals surface area contributed by atoms with Gasteiger partial charge in [0.1, 0.15) is 0 Å². The SMILES string of the molecule is COc1cc(NC(=O)CCCN2CCN3CCCCC3C2)cc(OC)c1OC.Cl.Cl. The van der Waals surface area contributed by atoms with Crippen molar-refractivity contribution in [2.75, 3.05) is 59.4 Å². The number of hydrogen-bond acceptors (Lipinski definition) is 6. The number of halogens is 2. The van der Waals surface area contributed by atoms with Crippen molar-refractivity contribution in [3.8, 4) is 17.2 Å². The minimum Gasteiger partial charge on any atom is -0.493 e. The number of anilines is 1. The molecule has 2 aliphatic rings. The fourth-order valence-corrected chi connectivity index (χ4v) is 4.26. The summed E-state index contributed by atoms with van der Waals surface area (Å²) in [5, 5.41) is 2.94. The average molecular weight is 464 g/mol. The Kier molecular flexibility index (Phi) is 11.6. The summed E-state index contributed by atoms with van der Waals surface area (Å²) >= 11 is 0. The van der Waals surface area contributed by atoms with Crippen LogP contribution >= 0.6 is 24.8 Å². The molecule has 2 heterocycles. The van der Waals surface area contributed by atoms with Crippen molar-refractivity contribution < 1.29 is 19.0 Å². The summed E-state index contributed by atoms with van der Waals surface area (Å²) in [4.78, 5) is 17.5. The van der Waals surface area contributed by atoms with Crippen LogP contribution in [0.25, 0.3) is 0 Å². The molecule has 2 fully saturated rings. The Morgan fingerprint density at radius 1 is 1.03 bits per heavy atom. The van der Waals surface area contributed by atoms with E-state index in [2.05, 4.69) is 15.1 Å². The first-order valence-electron chi connectivity index (χ1n) is 10.2. The van der Waals surface area contributed by atoms with Gasteiger partial charge in [-0.25, -0.2) is 0 Å². The number of piperazine rings is 1. The molecule has 0 spiro atoms. The summed E-state index contributed by atoms with van der Waals surface area (Å²) in [7, 11) is 4.69. The highest BCUT2D eigenvalue weighted by molar-refractivity contribution is 5.91. The number of carbonyl (C=O) groups is 1. The van der Waals surface area contributed by atoms with E-state index in [9.17, 15) is 4.79 Å². The van der Waals surface area contributed by atoms with Crippen LogP contribution in [0.1, 0.15) is 32.1 Å². The van der Waals surface area contributed by atoms with Crippen LogP contribution in [0.4, 0.5) is 5.69 Å². The van der Waals surface area contributed by atoms with Crippen LogP contribution in [0.5, 0.6) is 17.2 Å². The number of amides is 1. The number of benzene rings is 1. The van der Waals surface area contributed by atoms with Gasteiger partial charge in [-0.05, 0) is 32.4 Å². The molecule has 9 heteroatoms. The van der Waals surface area contributed by atoms with Crippen LogP contribution in [0.15, 0.2) is 12.1 Å². The lowest BCUT2D eigenvalue weighted by atomic mass is 9.99. The second kappa shape index (κ2) is 13.1. The molecule has 0 aromatic heterocycles. The molecule has 2 aliphatic heterocycles. The molecule has 1 unspecified atom stereocenters. The van der Waals surface area contributed by atoms with E-state index in [1.165, 1.54) is 32.4 Å². The molecular weight excluding hydrogens is 429 g/mol. The molecule has 0 saturated carbocycles. The van der Waals surface area contributed by atoms with E-state index in [0.29, 0.717) is 29.4 Å². The topological polar surface area (TPSA) is 63.3 Å². The quantitative estimate of drug-likeness (QED) is 0.636. The van der Waals surface area contributed by atoms with Crippen LogP contribution in [-0.4, -0.2) is 75.8 Å². The van der Waals surface area contributed by atoms with Crippen molar-refractivity contribution in [1.29, 1.82) is 0 Å². The molecule has 172 valence electrons. The highest BCUT2D eigenvalue weighted by Crippen LogP contribution is 2.39. The number of carbonyl (C=O) groups excluding carboxylic acids is 1. The molecular formula is C21H35Cl2N3O4. The number of nitrogens with one attached hydrogen (secondary N) is 1. The van der Waals surface area contributed by atoms with Crippen LogP contribution in [0, 0.1) is 0 Å². The van der Waals surface area contributed by atoms with Gasteiger partial charge >= 0.3 is 0 Å². The number of methoxy groups -OCH3 is 3. The lowest BCUT2D eigenvalue weighted by Gasteiger charge is -2.44. The zero-order valence-electron chi connectivity index (χ0n) is 18.1. The Hall–Kier alpha value is -1.41. The van der Waals surface area contributed by atoms with Crippen LogP contribution in [0.2, 0.25) is 0 Å². The number of ether oxygens (including phenoxy) is 3. The summed E-state index contributed by atoms with van der Waals surface area (Å²) in [5.41, 5.74) is 0.648. The zero-order valence-corrected chi connectivity index (χ0v) is 19.8. The van der Waals surface area contributed by atoms with E-state index in [0.717, 1.165) is 32.1 Å². The van der Waals surface area contributed by atoms with Gasteiger partial charge in [-0.2, -0.15) is 0 Å². The largest absolute Gasteiger partial charge is 0.493 e. The minimum absolute atomic E-state index is 0. The monoisotopic (exact) mass is 463 g/mol. The average Bonchev–Trinajstić information content (AvgIpc) is 2.72. The predicted octanol–water partition coefficient (Wildman–Crippen LogP) is 3.44. The van der Waals surface area contributed by atoms with Gasteiger partial charge in [-0.15, -0.1) is 24.8 Å². The van der Waals surface area contributed by atoms with Gasteiger partial charge in [-0.1, -0.05) is 6.42 Å². The van der Waals surface area contributed by atoms with E-state index >= 15 is 0 Å². The van der Waals surface area contributed by atoms with Crippen molar-refractivity contribution in [2.45, 2.75) is 38.1 Å². The molecule has 30 heavy (non-hydrogen) atoms. The Morgan fingerprint density at radius 3 is 2.37 bits per heavy atom. The molecule has 0 radical (unpaired) electrons. The first-order valence-corrected chi connectivity index (χ1v) is 10.2. The summed E-state index contributed by atoms with van der Waals surface area (Å²) in [5.74, 6) is 1.58. The third-order valence-corrected chi connectivity index (χ3v) is 5.75. The second-order valence-corrected chi connectivity index (χ2v) is 7.55. The minimum atomic E-state index is 0. The Morgan fingerprint density at radius 2 is 1.73 bits per heavy atom. The Labute approximate surface area is 192 Å². The number of nitrogens with zero attached hydrogens (tertiary/aromatic N) is 2.